The molecular weight excluding hydrogens is 244 g/mol. The molecule has 0 bridgehead atoms. The molecule has 1 fully saturated rings. The van der Waals surface area contributed by atoms with E-state index in [1.165, 1.54) is 61.3 Å². The van der Waals surface area contributed by atoms with Crippen LogP contribution in [-0.4, -0.2) is 11.0 Å². The summed E-state index contributed by atoms with van der Waals surface area (Å²) in [5.74, 6) is 0. The molecule has 20 heavy (non-hydrogen) atoms. The number of hydrogen-bond donors (Lipinski definition) is 1. The van der Waals surface area contributed by atoms with Crippen LogP contribution in [0.15, 0.2) is 36.7 Å². The lowest BCUT2D eigenvalue weighted by Crippen LogP contribution is -2.29. The molecule has 0 spiro atoms. The highest BCUT2D eigenvalue weighted by atomic mass is 14.9. The van der Waals surface area contributed by atoms with Crippen LogP contribution in [-0.2, 0) is 6.54 Å². The normalized spacial score (nSPS) is 17.8. The van der Waals surface area contributed by atoms with Gasteiger partial charge < -0.3 is 5.32 Å². The molecule has 1 heterocycles. The molecule has 3 rings (SSSR count). The number of nitrogens with zero attached hydrogens (tertiary/aromatic N) is 1. The van der Waals surface area contributed by atoms with Crippen molar-refractivity contribution in [2.24, 2.45) is 0 Å². The maximum absolute atomic E-state index is 4.21. The molecule has 0 saturated heterocycles. The van der Waals surface area contributed by atoms with E-state index in [4.69, 9.17) is 0 Å². The minimum absolute atomic E-state index is 0.701. The topological polar surface area (TPSA) is 24.9 Å². The van der Waals surface area contributed by atoms with Crippen LogP contribution >= 0.6 is 0 Å². The van der Waals surface area contributed by atoms with Crippen molar-refractivity contribution < 1.29 is 0 Å². The maximum Gasteiger partial charge on any atom is 0.0346 e. The molecule has 1 aromatic heterocycles. The Balaban J connectivity index is 1.67. The van der Waals surface area contributed by atoms with E-state index in [1.54, 1.807) is 0 Å². The molecule has 0 atom stereocenters. The molecule has 2 aromatic rings. The van der Waals surface area contributed by atoms with E-state index in [-0.39, 0.29) is 0 Å². The van der Waals surface area contributed by atoms with Gasteiger partial charge in [-0.3, -0.25) is 4.98 Å². The predicted octanol–water partition coefficient (Wildman–Crippen LogP) is 4.44. The minimum Gasteiger partial charge on any atom is -0.310 e. The summed E-state index contributed by atoms with van der Waals surface area (Å²) in [6.07, 6.45) is 13.6. The Kier molecular flexibility index (Phi) is 4.65. The molecular formula is C18H24N2. The van der Waals surface area contributed by atoms with E-state index < -0.39 is 0 Å². The first-order chi connectivity index (χ1) is 9.93. The first-order valence-corrected chi connectivity index (χ1v) is 7.98. The Morgan fingerprint density at radius 2 is 1.80 bits per heavy atom. The molecule has 0 aliphatic heterocycles. The highest BCUT2D eigenvalue weighted by Crippen LogP contribution is 2.20. The second-order valence-electron chi connectivity index (χ2n) is 5.94. The van der Waals surface area contributed by atoms with Crippen LogP contribution in [0, 0.1) is 0 Å². The Morgan fingerprint density at radius 1 is 1.00 bits per heavy atom. The highest BCUT2D eigenvalue weighted by Gasteiger charge is 2.11. The first kappa shape index (κ1) is 13.6. The van der Waals surface area contributed by atoms with E-state index >= 15 is 0 Å². The first-order valence-electron chi connectivity index (χ1n) is 7.98. The lowest BCUT2D eigenvalue weighted by atomic mass is 9.96. The van der Waals surface area contributed by atoms with Gasteiger partial charge in [-0.1, -0.05) is 50.3 Å². The molecule has 2 heteroatoms. The number of aromatic nitrogens is 1. The van der Waals surface area contributed by atoms with Crippen LogP contribution in [0.2, 0.25) is 0 Å². The number of fused-ring (bicyclic) bond motifs is 1. The number of hydrogen-bond acceptors (Lipinski definition) is 2. The van der Waals surface area contributed by atoms with Gasteiger partial charge in [0.15, 0.2) is 0 Å². The SMILES string of the molecule is c1cc(CNC2CCCCCCC2)c2ccncc2c1. The Morgan fingerprint density at radius 3 is 2.65 bits per heavy atom. The van der Waals surface area contributed by atoms with Gasteiger partial charge in [0.1, 0.15) is 0 Å². The van der Waals surface area contributed by atoms with E-state index in [2.05, 4.69) is 34.6 Å². The average molecular weight is 268 g/mol. The lowest BCUT2D eigenvalue weighted by Gasteiger charge is -2.21. The smallest absolute Gasteiger partial charge is 0.0346 e. The number of nitrogens with one attached hydrogen (secondary N) is 1. The van der Waals surface area contributed by atoms with Gasteiger partial charge in [-0.05, 0) is 29.9 Å². The summed E-state index contributed by atoms with van der Waals surface area (Å²) in [5, 5.41) is 6.35. The zero-order chi connectivity index (χ0) is 13.6. The Labute approximate surface area is 121 Å². The van der Waals surface area contributed by atoms with Gasteiger partial charge in [0, 0.05) is 30.4 Å². The van der Waals surface area contributed by atoms with Crippen molar-refractivity contribution in [3.63, 3.8) is 0 Å². The molecule has 106 valence electrons. The zero-order valence-electron chi connectivity index (χ0n) is 12.1. The summed E-state index contributed by atoms with van der Waals surface area (Å²) in [6, 6.07) is 9.34. The fraction of sp³-hybridized carbons (Fsp3) is 0.500. The van der Waals surface area contributed by atoms with Gasteiger partial charge in [0.05, 0.1) is 0 Å². The molecule has 1 aromatic carbocycles. The van der Waals surface area contributed by atoms with Crippen molar-refractivity contribution in [1.29, 1.82) is 0 Å². The van der Waals surface area contributed by atoms with Crippen molar-refractivity contribution in [3.05, 3.63) is 42.2 Å². The van der Waals surface area contributed by atoms with Crippen LogP contribution in [0.1, 0.15) is 50.5 Å². The molecule has 0 amide bonds. The third-order valence-corrected chi connectivity index (χ3v) is 4.46. The summed E-state index contributed by atoms with van der Waals surface area (Å²) >= 11 is 0. The average Bonchev–Trinajstić information content (AvgIpc) is 2.46. The monoisotopic (exact) mass is 268 g/mol. The third kappa shape index (κ3) is 3.37. The predicted molar refractivity (Wildman–Crippen MR) is 84.7 cm³/mol. The summed E-state index contributed by atoms with van der Waals surface area (Å²) in [5.41, 5.74) is 1.40. The summed E-state index contributed by atoms with van der Waals surface area (Å²) in [7, 11) is 0. The lowest BCUT2D eigenvalue weighted by molar-refractivity contribution is 0.389. The van der Waals surface area contributed by atoms with Crippen LogP contribution in [0.3, 0.4) is 0 Å². The zero-order valence-corrected chi connectivity index (χ0v) is 12.1. The van der Waals surface area contributed by atoms with Crippen LogP contribution in [0.4, 0.5) is 0 Å². The van der Waals surface area contributed by atoms with Crippen molar-refractivity contribution in [3.8, 4) is 0 Å². The van der Waals surface area contributed by atoms with E-state index in [0.717, 1.165) is 6.54 Å². The van der Waals surface area contributed by atoms with Crippen LogP contribution in [0.5, 0.6) is 0 Å². The second-order valence-corrected chi connectivity index (χ2v) is 5.94. The van der Waals surface area contributed by atoms with Gasteiger partial charge in [0.25, 0.3) is 0 Å². The van der Waals surface area contributed by atoms with Gasteiger partial charge >= 0.3 is 0 Å². The fourth-order valence-corrected chi connectivity index (χ4v) is 3.26. The van der Waals surface area contributed by atoms with Gasteiger partial charge in [-0.2, -0.15) is 0 Å². The van der Waals surface area contributed by atoms with Gasteiger partial charge in [-0.15, -0.1) is 0 Å². The van der Waals surface area contributed by atoms with Crippen molar-refractivity contribution in [1.82, 2.24) is 10.3 Å². The van der Waals surface area contributed by atoms with Crippen molar-refractivity contribution in [2.45, 2.75) is 57.5 Å². The molecule has 2 nitrogen and oxygen atoms in total. The molecule has 1 aliphatic carbocycles. The molecule has 1 aliphatic rings. The Hall–Kier alpha value is -1.41. The number of benzene rings is 1. The molecule has 0 unspecified atom stereocenters. The molecule has 1 N–H and O–H groups in total. The van der Waals surface area contributed by atoms with Crippen molar-refractivity contribution in [2.75, 3.05) is 0 Å². The van der Waals surface area contributed by atoms with Crippen molar-refractivity contribution >= 4 is 10.8 Å². The third-order valence-electron chi connectivity index (χ3n) is 4.46. The largest absolute Gasteiger partial charge is 0.310 e. The van der Waals surface area contributed by atoms with E-state index in [0.29, 0.717) is 6.04 Å². The quantitative estimate of drug-likeness (QED) is 0.890. The maximum atomic E-state index is 4.21. The molecule has 1 saturated carbocycles. The van der Waals surface area contributed by atoms with E-state index in [1.807, 2.05) is 12.4 Å². The standard InChI is InChI=1S/C18H24N2/c1-2-4-9-17(10-5-3-1)20-14-16-8-6-7-15-13-19-12-11-18(15)16/h6-8,11-13,17,20H,1-5,9-10,14H2. The number of rotatable bonds is 3. The summed E-state index contributed by atoms with van der Waals surface area (Å²) < 4.78 is 0. The fourth-order valence-electron chi connectivity index (χ4n) is 3.26. The van der Waals surface area contributed by atoms with Gasteiger partial charge in [-0.25, -0.2) is 0 Å². The van der Waals surface area contributed by atoms with Crippen LogP contribution < -0.4 is 5.32 Å². The van der Waals surface area contributed by atoms with E-state index in [9.17, 15) is 0 Å². The van der Waals surface area contributed by atoms with Gasteiger partial charge in [0.2, 0.25) is 0 Å². The minimum atomic E-state index is 0.701. The highest BCUT2D eigenvalue weighted by molar-refractivity contribution is 5.84. The number of pyridine rings is 1. The summed E-state index contributed by atoms with van der Waals surface area (Å²) in [4.78, 5) is 4.21. The van der Waals surface area contributed by atoms with Crippen LogP contribution in [0.25, 0.3) is 10.8 Å². The summed E-state index contributed by atoms with van der Waals surface area (Å²) in [6.45, 7) is 0.978. The Bertz CT molecular complexity index is 537. The molecule has 0 radical (unpaired) electrons. The second kappa shape index (κ2) is 6.85.